The first kappa shape index (κ1) is 12.6. The molecule has 2 atom stereocenters. The molecule has 1 saturated heterocycles. The fraction of sp³-hybridized carbons (Fsp3) is 0.583. The van der Waals surface area contributed by atoms with E-state index in [2.05, 4.69) is 4.98 Å². The van der Waals surface area contributed by atoms with Gasteiger partial charge in [-0.3, -0.25) is 9.59 Å². The van der Waals surface area contributed by atoms with Crippen LogP contribution in [0.1, 0.15) is 6.92 Å². The second-order valence-corrected chi connectivity index (χ2v) is 4.68. The van der Waals surface area contributed by atoms with Gasteiger partial charge in [0.25, 0.3) is 5.56 Å². The van der Waals surface area contributed by atoms with E-state index < -0.39 is 0 Å². The van der Waals surface area contributed by atoms with Crippen LogP contribution in [0.25, 0.3) is 0 Å². The average molecular weight is 251 g/mol. The van der Waals surface area contributed by atoms with Crippen LogP contribution in [0.3, 0.4) is 0 Å². The lowest BCUT2D eigenvalue weighted by Crippen LogP contribution is -2.31. The Labute approximate surface area is 105 Å². The molecule has 1 aliphatic rings. The number of nitrogens with zero attached hydrogens (tertiary/aromatic N) is 3. The van der Waals surface area contributed by atoms with Gasteiger partial charge in [0, 0.05) is 32.5 Å². The van der Waals surface area contributed by atoms with E-state index in [9.17, 15) is 9.59 Å². The minimum atomic E-state index is -0.224. The third-order valence-electron chi connectivity index (χ3n) is 3.41. The molecule has 98 valence electrons. The Morgan fingerprint density at radius 1 is 1.50 bits per heavy atom. The first-order valence-corrected chi connectivity index (χ1v) is 5.89. The number of hydrogen-bond acceptors (Lipinski definition) is 5. The van der Waals surface area contributed by atoms with Crippen LogP contribution in [0, 0.1) is 11.8 Å². The van der Waals surface area contributed by atoms with E-state index in [1.807, 2.05) is 11.8 Å². The zero-order chi connectivity index (χ0) is 13.3. The van der Waals surface area contributed by atoms with Crippen molar-refractivity contribution in [2.45, 2.75) is 6.92 Å². The van der Waals surface area contributed by atoms with Crippen molar-refractivity contribution in [1.29, 1.82) is 0 Å². The lowest BCUT2D eigenvalue weighted by molar-refractivity contribution is -0.145. The quantitative estimate of drug-likeness (QED) is 0.694. The molecule has 6 nitrogen and oxygen atoms in total. The van der Waals surface area contributed by atoms with Crippen molar-refractivity contribution in [1.82, 2.24) is 9.55 Å². The van der Waals surface area contributed by atoms with Crippen molar-refractivity contribution in [2.75, 3.05) is 25.1 Å². The van der Waals surface area contributed by atoms with Crippen molar-refractivity contribution in [2.24, 2.45) is 18.9 Å². The monoisotopic (exact) mass is 251 g/mol. The Morgan fingerprint density at radius 2 is 2.22 bits per heavy atom. The molecule has 2 heterocycles. The zero-order valence-corrected chi connectivity index (χ0v) is 10.8. The van der Waals surface area contributed by atoms with Crippen molar-refractivity contribution in [3.63, 3.8) is 0 Å². The summed E-state index contributed by atoms with van der Waals surface area (Å²) >= 11 is 0. The molecule has 2 unspecified atom stereocenters. The summed E-state index contributed by atoms with van der Waals surface area (Å²) in [6.07, 6.45) is 3.20. The van der Waals surface area contributed by atoms with Crippen LogP contribution in [-0.4, -0.2) is 35.7 Å². The molecule has 0 spiro atoms. The van der Waals surface area contributed by atoms with Crippen molar-refractivity contribution in [3.8, 4) is 0 Å². The molecular formula is C12H17N3O3. The first-order chi connectivity index (χ1) is 8.54. The number of carbonyl (C=O) groups excluding carboxylic acids is 1. The van der Waals surface area contributed by atoms with Crippen LogP contribution in [0.4, 0.5) is 5.82 Å². The lowest BCUT2D eigenvalue weighted by Gasteiger charge is -2.16. The van der Waals surface area contributed by atoms with Crippen LogP contribution < -0.4 is 10.5 Å². The third kappa shape index (κ3) is 2.10. The van der Waals surface area contributed by atoms with Crippen LogP contribution in [0.15, 0.2) is 17.2 Å². The molecule has 1 aromatic heterocycles. The summed E-state index contributed by atoms with van der Waals surface area (Å²) in [5.74, 6) is 0.141. The molecule has 1 fully saturated rings. The molecule has 0 aromatic carbocycles. The van der Waals surface area contributed by atoms with Gasteiger partial charge in [-0.1, -0.05) is 6.92 Å². The number of esters is 1. The highest BCUT2D eigenvalue weighted by Crippen LogP contribution is 2.26. The number of ether oxygens (including phenoxy) is 1. The Hall–Kier alpha value is -1.85. The Kier molecular flexibility index (Phi) is 3.36. The number of aryl methyl sites for hydroxylation is 1. The predicted molar refractivity (Wildman–Crippen MR) is 66.4 cm³/mol. The standard InChI is InChI=1S/C12H17N3O3/c1-8-6-15(7-9(8)12(17)18-3)10-11(16)14(2)5-4-13-10/h4-5,8-9H,6-7H2,1-3H3. The van der Waals surface area contributed by atoms with Gasteiger partial charge in [0.2, 0.25) is 0 Å². The molecule has 1 aromatic rings. The lowest BCUT2D eigenvalue weighted by atomic mass is 9.99. The molecule has 0 aliphatic carbocycles. The predicted octanol–water partition coefficient (Wildman–Crippen LogP) is 0.0256. The van der Waals surface area contributed by atoms with E-state index in [-0.39, 0.29) is 23.4 Å². The van der Waals surface area contributed by atoms with E-state index in [4.69, 9.17) is 4.74 Å². The number of anilines is 1. The van der Waals surface area contributed by atoms with E-state index in [1.165, 1.54) is 11.7 Å². The second kappa shape index (κ2) is 4.80. The third-order valence-corrected chi connectivity index (χ3v) is 3.41. The summed E-state index contributed by atoms with van der Waals surface area (Å²) in [6.45, 7) is 3.11. The highest BCUT2D eigenvalue weighted by atomic mass is 16.5. The highest BCUT2D eigenvalue weighted by Gasteiger charge is 2.36. The van der Waals surface area contributed by atoms with Crippen molar-refractivity contribution >= 4 is 11.8 Å². The summed E-state index contributed by atoms with van der Waals surface area (Å²) in [4.78, 5) is 29.5. The molecule has 1 aliphatic heterocycles. The molecule has 0 radical (unpaired) electrons. The molecule has 18 heavy (non-hydrogen) atoms. The number of rotatable bonds is 2. The number of methoxy groups -OCH3 is 1. The average Bonchev–Trinajstić information content (AvgIpc) is 2.73. The summed E-state index contributed by atoms with van der Waals surface area (Å²) in [7, 11) is 3.07. The van der Waals surface area contributed by atoms with Crippen LogP contribution in [0.5, 0.6) is 0 Å². The van der Waals surface area contributed by atoms with E-state index in [1.54, 1.807) is 19.4 Å². The van der Waals surface area contributed by atoms with Crippen LogP contribution >= 0.6 is 0 Å². The minimum absolute atomic E-state index is 0.143. The fourth-order valence-electron chi connectivity index (χ4n) is 2.30. The van der Waals surface area contributed by atoms with Crippen LogP contribution in [0.2, 0.25) is 0 Å². The molecule has 0 N–H and O–H groups in total. The molecule has 2 rings (SSSR count). The van der Waals surface area contributed by atoms with Gasteiger partial charge in [0.1, 0.15) is 0 Å². The second-order valence-electron chi connectivity index (χ2n) is 4.68. The largest absolute Gasteiger partial charge is 0.469 e. The SMILES string of the molecule is COC(=O)C1CN(c2nccn(C)c2=O)CC1C. The fourth-order valence-corrected chi connectivity index (χ4v) is 2.30. The van der Waals surface area contributed by atoms with Gasteiger partial charge in [0.15, 0.2) is 5.82 Å². The maximum atomic E-state index is 12.0. The Morgan fingerprint density at radius 3 is 2.89 bits per heavy atom. The molecule has 0 saturated carbocycles. The van der Waals surface area contributed by atoms with Gasteiger partial charge in [-0.2, -0.15) is 0 Å². The summed E-state index contributed by atoms with van der Waals surface area (Å²) in [5.41, 5.74) is -0.143. The van der Waals surface area contributed by atoms with Gasteiger partial charge in [-0.15, -0.1) is 0 Å². The van der Waals surface area contributed by atoms with Gasteiger partial charge in [-0.25, -0.2) is 4.98 Å². The minimum Gasteiger partial charge on any atom is -0.469 e. The van der Waals surface area contributed by atoms with Gasteiger partial charge in [0.05, 0.1) is 13.0 Å². The normalized spacial score (nSPS) is 23.2. The molecule has 0 bridgehead atoms. The molecular weight excluding hydrogens is 234 g/mol. The van der Waals surface area contributed by atoms with Crippen molar-refractivity contribution in [3.05, 3.63) is 22.7 Å². The smallest absolute Gasteiger partial charge is 0.310 e. The Bertz CT molecular complexity index is 512. The topological polar surface area (TPSA) is 64.4 Å². The van der Waals surface area contributed by atoms with Gasteiger partial charge < -0.3 is 14.2 Å². The maximum Gasteiger partial charge on any atom is 0.310 e. The highest BCUT2D eigenvalue weighted by molar-refractivity contribution is 5.74. The van der Waals surface area contributed by atoms with E-state index >= 15 is 0 Å². The first-order valence-electron chi connectivity index (χ1n) is 5.89. The Balaban J connectivity index is 2.25. The van der Waals surface area contributed by atoms with E-state index in [0.717, 1.165) is 0 Å². The number of hydrogen-bond donors (Lipinski definition) is 0. The zero-order valence-electron chi connectivity index (χ0n) is 10.8. The molecule has 0 amide bonds. The van der Waals surface area contributed by atoms with Gasteiger partial charge in [-0.05, 0) is 5.92 Å². The van der Waals surface area contributed by atoms with Crippen LogP contribution in [-0.2, 0) is 16.6 Å². The van der Waals surface area contributed by atoms with Crippen molar-refractivity contribution < 1.29 is 9.53 Å². The summed E-state index contributed by atoms with van der Waals surface area (Å²) < 4.78 is 6.26. The summed E-state index contributed by atoms with van der Waals surface area (Å²) in [6, 6.07) is 0. The maximum absolute atomic E-state index is 12.0. The summed E-state index contributed by atoms with van der Waals surface area (Å²) in [5, 5.41) is 0. The molecule has 6 heteroatoms. The number of aromatic nitrogens is 2. The van der Waals surface area contributed by atoms with E-state index in [0.29, 0.717) is 18.9 Å². The number of carbonyl (C=O) groups is 1. The van der Waals surface area contributed by atoms with Gasteiger partial charge >= 0.3 is 5.97 Å².